The lowest BCUT2D eigenvalue weighted by molar-refractivity contribution is 0.439. The molecule has 17 heavy (non-hydrogen) atoms. The summed E-state index contributed by atoms with van der Waals surface area (Å²) in [6, 6.07) is 0.631. The quantitative estimate of drug-likeness (QED) is 0.832. The molecule has 2 fully saturated rings. The van der Waals surface area contributed by atoms with E-state index < -0.39 is 0 Å². The summed E-state index contributed by atoms with van der Waals surface area (Å²) < 4.78 is 0. The van der Waals surface area contributed by atoms with Gasteiger partial charge in [0.25, 0.3) is 0 Å². The Morgan fingerprint density at radius 3 is 2.88 bits per heavy atom. The van der Waals surface area contributed by atoms with Crippen molar-refractivity contribution >= 4 is 5.82 Å². The van der Waals surface area contributed by atoms with E-state index in [4.69, 9.17) is 0 Å². The molecule has 3 atom stereocenters. The monoisotopic (exact) mass is 232 g/mol. The van der Waals surface area contributed by atoms with E-state index in [9.17, 15) is 0 Å². The number of anilines is 1. The van der Waals surface area contributed by atoms with Gasteiger partial charge in [-0.25, -0.2) is 4.98 Å². The summed E-state index contributed by atoms with van der Waals surface area (Å²) in [6.07, 6.45) is 6.39. The molecule has 1 saturated heterocycles. The Bertz CT molecular complexity index is 389. The van der Waals surface area contributed by atoms with Gasteiger partial charge in [0.05, 0.1) is 18.1 Å². The first-order chi connectivity index (χ1) is 8.25. The van der Waals surface area contributed by atoms with Crippen LogP contribution in [0.15, 0.2) is 12.4 Å². The highest BCUT2D eigenvalue weighted by Gasteiger charge is 2.41. The fourth-order valence-electron chi connectivity index (χ4n) is 3.34. The molecule has 2 heterocycles. The number of nitrogens with zero attached hydrogens (tertiary/aromatic N) is 3. The van der Waals surface area contributed by atoms with Crippen LogP contribution in [0.3, 0.4) is 0 Å². The smallest absolute Gasteiger partial charge is 0.147 e. The lowest BCUT2D eigenvalue weighted by atomic mass is 9.97. The van der Waals surface area contributed by atoms with Gasteiger partial charge in [0.2, 0.25) is 0 Å². The SMILES string of the molecule is Cc1cnc(N(C)[C@@H]2CC[C@@H]3CNC[C@@H]32)cn1. The molecule has 2 aliphatic rings. The Kier molecular flexibility index (Phi) is 2.74. The summed E-state index contributed by atoms with van der Waals surface area (Å²) >= 11 is 0. The molecular weight excluding hydrogens is 212 g/mol. The van der Waals surface area contributed by atoms with Crippen LogP contribution in [-0.2, 0) is 0 Å². The average molecular weight is 232 g/mol. The first kappa shape index (κ1) is 11.0. The molecule has 4 heteroatoms. The van der Waals surface area contributed by atoms with Crippen LogP contribution in [0, 0.1) is 18.8 Å². The molecule has 0 radical (unpaired) electrons. The molecule has 0 aromatic carbocycles. The van der Waals surface area contributed by atoms with Gasteiger partial charge in [0.15, 0.2) is 0 Å². The minimum atomic E-state index is 0.631. The maximum Gasteiger partial charge on any atom is 0.147 e. The van der Waals surface area contributed by atoms with Crippen LogP contribution in [0.25, 0.3) is 0 Å². The van der Waals surface area contributed by atoms with Gasteiger partial charge < -0.3 is 10.2 Å². The van der Waals surface area contributed by atoms with Crippen molar-refractivity contribution < 1.29 is 0 Å². The first-order valence-corrected chi connectivity index (χ1v) is 6.48. The Hall–Kier alpha value is -1.16. The first-order valence-electron chi connectivity index (χ1n) is 6.48. The van der Waals surface area contributed by atoms with Crippen molar-refractivity contribution in [3.8, 4) is 0 Å². The molecule has 1 saturated carbocycles. The van der Waals surface area contributed by atoms with Crippen molar-refractivity contribution in [1.29, 1.82) is 0 Å². The van der Waals surface area contributed by atoms with Gasteiger partial charge in [-0.05, 0) is 38.1 Å². The molecule has 3 rings (SSSR count). The fraction of sp³-hybridized carbons (Fsp3) is 0.692. The zero-order chi connectivity index (χ0) is 11.8. The van der Waals surface area contributed by atoms with Crippen LogP contribution in [0.1, 0.15) is 18.5 Å². The molecule has 4 nitrogen and oxygen atoms in total. The van der Waals surface area contributed by atoms with E-state index >= 15 is 0 Å². The van der Waals surface area contributed by atoms with Crippen LogP contribution >= 0.6 is 0 Å². The largest absolute Gasteiger partial charge is 0.355 e. The summed E-state index contributed by atoms with van der Waals surface area (Å²) in [4.78, 5) is 11.1. The van der Waals surface area contributed by atoms with Crippen molar-refractivity contribution in [2.45, 2.75) is 25.8 Å². The number of nitrogens with one attached hydrogen (secondary N) is 1. The number of aromatic nitrogens is 2. The highest BCUT2D eigenvalue weighted by molar-refractivity contribution is 5.37. The third kappa shape index (κ3) is 1.90. The van der Waals surface area contributed by atoms with Crippen molar-refractivity contribution in [2.75, 3.05) is 25.0 Å². The Labute approximate surface area is 102 Å². The summed E-state index contributed by atoms with van der Waals surface area (Å²) in [5, 5.41) is 3.51. The van der Waals surface area contributed by atoms with E-state index in [1.807, 2.05) is 19.3 Å². The number of aryl methyl sites for hydroxylation is 1. The van der Waals surface area contributed by atoms with E-state index in [-0.39, 0.29) is 0 Å². The minimum absolute atomic E-state index is 0.631. The van der Waals surface area contributed by atoms with E-state index in [1.54, 1.807) is 0 Å². The summed E-state index contributed by atoms with van der Waals surface area (Å²) in [5.41, 5.74) is 0.981. The third-order valence-corrected chi connectivity index (χ3v) is 4.35. The molecule has 0 amide bonds. The summed E-state index contributed by atoms with van der Waals surface area (Å²) in [6.45, 7) is 4.34. The molecule has 1 N–H and O–H groups in total. The second kappa shape index (κ2) is 4.26. The van der Waals surface area contributed by atoms with Gasteiger partial charge in [-0.15, -0.1) is 0 Å². The lowest BCUT2D eigenvalue weighted by Crippen LogP contribution is -2.37. The van der Waals surface area contributed by atoms with Gasteiger partial charge >= 0.3 is 0 Å². The zero-order valence-electron chi connectivity index (χ0n) is 10.6. The summed E-state index contributed by atoms with van der Waals surface area (Å²) in [5.74, 6) is 2.68. The maximum absolute atomic E-state index is 4.48. The molecule has 0 spiro atoms. The molecule has 1 aromatic rings. The fourth-order valence-corrected chi connectivity index (χ4v) is 3.34. The predicted octanol–water partition coefficient (Wildman–Crippen LogP) is 1.22. The maximum atomic E-state index is 4.48. The second-order valence-electron chi connectivity index (χ2n) is 5.35. The Morgan fingerprint density at radius 1 is 1.24 bits per heavy atom. The standard InChI is InChI=1S/C13H20N4/c1-9-5-16-13(8-15-9)17(2)12-4-3-10-6-14-7-11(10)12/h5,8,10-12,14H,3-4,6-7H2,1-2H3/t10-,11+,12-/m1/s1. The normalized spacial score (nSPS) is 31.5. The van der Waals surface area contributed by atoms with Crippen molar-refractivity contribution in [3.05, 3.63) is 18.1 Å². The lowest BCUT2D eigenvalue weighted by Gasteiger charge is -2.29. The molecule has 0 bridgehead atoms. The Balaban J connectivity index is 1.77. The second-order valence-corrected chi connectivity index (χ2v) is 5.35. The zero-order valence-corrected chi connectivity index (χ0v) is 10.6. The van der Waals surface area contributed by atoms with Crippen LogP contribution in [0.5, 0.6) is 0 Å². The van der Waals surface area contributed by atoms with Crippen molar-refractivity contribution in [2.24, 2.45) is 11.8 Å². The van der Waals surface area contributed by atoms with Crippen LogP contribution in [0.2, 0.25) is 0 Å². The van der Waals surface area contributed by atoms with Crippen molar-refractivity contribution in [3.63, 3.8) is 0 Å². The predicted molar refractivity (Wildman–Crippen MR) is 68.0 cm³/mol. The van der Waals surface area contributed by atoms with E-state index in [1.165, 1.54) is 25.9 Å². The highest BCUT2D eigenvalue weighted by atomic mass is 15.2. The van der Waals surface area contributed by atoms with Gasteiger partial charge in [-0.2, -0.15) is 0 Å². The Morgan fingerprint density at radius 2 is 2.12 bits per heavy atom. The molecule has 1 aliphatic heterocycles. The van der Waals surface area contributed by atoms with Gasteiger partial charge in [-0.1, -0.05) is 0 Å². The number of hydrogen-bond acceptors (Lipinski definition) is 4. The van der Waals surface area contributed by atoms with E-state index in [2.05, 4.69) is 27.2 Å². The van der Waals surface area contributed by atoms with E-state index in [0.717, 1.165) is 23.3 Å². The summed E-state index contributed by atoms with van der Waals surface area (Å²) in [7, 11) is 2.16. The third-order valence-electron chi connectivity index (χ3n) is 4.35. The topological polar surface area (TPSA) is 41.1 Å². The molecule has 92 valence electrons. The molecular formula is C13H20N4. The van der Waals surface area contributed by atoms with Crippen LogP contribution in [-0.4, -0.2) is 36.1 Å². The van der Waals surface area contributed by atoms with Gasteiger partial charge in [-0.3, -0.25) is 4.98 Å². The minimum Gasteiger partial charge on any atom is -0.355 e. The van der Waals surface area contributed by atoms with Crippen LogP contribution in [0.4, 0.5) is 5.82 Å². The molecule has 1 aromatic heterocycles. The molecule has 0 unspecified atom stereocenters. The number of rotatable bonds is 2. The van der Waals surface area contributed by atoms with Gasteiger partial charge in [0.1, 0.15) is 5.82 Å². The highest BCUT2D eigenvalue weighted by Crippen LogP contribution is 2.38. The van der Waals surface area contributed by atoms with Gasteiger partial charge in [0, 0.05) is 19.6 Å². The number of fused-ring (bicyclic) bond motifs is 1. The number of hydrogen-bond donors (Lipinski definition) is 1. The van der Waals surface area contributed by atoms with Crippen molar-refractivity contribution in [1.82, 2.24) is 15.3 Å². The average Bonchev–Trinajstić information content (AvgIpc) is 2.90. The molecule has 1 aliphatic carbocycles. The van der Waals surface area contributed by atoms with Crippen LogP contribution < -0.4 is 10.2 Å². The van der Waals surface area contributed by atoms with E-state index in [0.29, 0.717) is 6.04 Å².